The van der Waals surface area contributed by atoms with E-state index in [2.05, 4.69) is 5.10 Å². The van der Waals surface area contributed by atoms with Crippen molar-refractivity contribution >= 4 is 5.97 Å². The highest BCUT2D eigenvalue weighted by atomic mass is 19.1. The number of esters is 1. The van der Waals surface area contributed by atoms with Gasteiger partial charge in [-0.15, -0.1) is 0 Å². The van der Waals surface area contributed by atoms with Crippen LogP contribution in [0.2, 0.25) is 0 Å². The van der Waals surface area contributed by atoms with E-state index >= 15 is 0 Å². The van der Waals surface area contributed by atoms with E-state index in [1.54, 1.807) is 20.8 Å². The highest BCUT2D eigenvalue weighted by molar-refractivity contribution is 5.92. The maximum Gasteiger partial charge on any atom is 0.347 e. The number of nitrogens with zero attached hydrogens (tertiary/aromatic N) is 2. The third-order valence-electron chi connectivity index (χ3n) is 3.44. The fourth-order valence-corrected chi connectivity index (χ4v) is 2.34. The Morgan fingerprint density at radius 2 is 1.88 bits per heavy atom. The first-order valence-corrected chi connectivity index (χ1v) is 7.70. The number of carbonyl (C=O) groups excluding carboxylic acids is 1. The molecule has 0 saturated carbocycles. The summed E-state index contributed by atoms with van der Waals surface area (Å²) in [5.74, 6) is -3.41. The van der Waals surface area contributed by atoms with E-state index in [1.165, 1.54) is 0 Å². The van der Waals surface area contributed by atoms with Crippen molar-refractivity contribution in [1.29, 1.82) is 0 Å². The molecule has 1 N–H and O–H groups in total. The lowest BCUT2D eigenvalue weighted by Crippen LogP contribution is -2.31. The topological polar surface area (TPSA) is 81.4 Å². The summed E-state index contributed by atoms with van der Waals surface area (Å²) in [6.45, 7) is 4.75. The smallest absolute Gasteiger partial charge is 0.347 e. The summed E-state index contributed by atoms with van der Waals surface area (Å²) in [6.07, 6.45) is 0. The number of rotatable bonds is 5. The van der Waals surface area contributed by atoms with E-state index in [9.17, 15) is 23.5 Å². The predicted molar refractivity (Wildman–Crippen MR) is 85.7 cm³/mol. The van der Waals surface area contributed by atoms with Crippen LogP contribution in [-0.2, 0) is 11.3 Å². The summed E-state index contributed by atoms with van der Waals surface area (Å²) in [6, 6.07) is 2.83. The van der Waals surface area contributed by atoms with Crippen molar-refractivity contribution in [1.82, 2.24) is 9.78 Å². The lowest BCUT2D eigenvalue weighted by Gasteiger charge is -2.14. The Kier molecular flexibility index (Phi) is 5.51. The molecule has 0 aliphatic carbocycles. The lowest BCUT2D eigenvalue weighted by atomic mass is 10.1. The lowest BCUT2D eigenvalue weighted by molar-refractivity contribution is 0.0519. The van der Waals surface area contributed by atoms with E-state index in [0.29, 0.717) is 6.07 Å². The van der Waals surface area contributed by atoms with Gasteiger partial charge in [-0.1, -0.05) is 13.8 Å². The van der Waals surface area contributed by atoms with Gasteiger partial charge in [0.25, 0.3) is 5.56 Å². The van der Waals surface area contributed by atoms with E-state index in [-0.39, 0.29) is 30.3 Å². The van der Waals surface area contributed by atoms with Gasteiger partial charge in [0.2, 0.25) is 0 Å². The van der Waals surface area contributed by atoms with Crippen molar-refractivity contribution < 1.29 is 23.4 Å². The third-order valence-corrected chi connectivity index (χ3v) is 3.44. The number of halogens is 2. The standard InChI is InChI=1S/C17H18F2N2O4/c1-4-25-17(24)13-15(22)14(9(2)3)20-21(16(13)23)8-10-5-11(18)7-12(19)6-10/h5-7,9,22H,4,8H2,1-3H3. The zero-order chi connectivity index (χ0) is 18.7. The number of carbonyl (C=O) groups is 1. The Labute approximate surface area is 142 Å². The maximum atomic E-state index is 13.3. The van der Waals surface area contributed by atoms with Crippen LogP contribution in [0, 0.1) is 11.6 Å². The molecule has 0 aliphatic rings. The Balaban J connectivity index is 2.61. The van der Waals surface area contributed by atoms with Gasteiger partial charge in [0, 0.05) is 12.0 Å². The average Bonchev–Trinajstić information content (AvgIpc) is 2.49. The molecule has 6 nitrogen and oxygen atoms in total. The molecule has 0 fully saturated rings. The second-order valence-electron chi connectivity index (χ2n) is 5.72. The van der Waals surface area contributed by atoms with Crippen molar-refractivity contribution in [3.63, 3.8) is 0 Å². The first-order valence-electron chi connectivity index (χ1n) is 7.70. The minimum Gasteiger partial charge on any atom is -0.505 e. The zero-order valence-corrected chi connectivity index (χ0v) is 14.0. The first kappa shape index (κ1) is 18.6. The molecule has 0 atom stereocenters. The molecule has 0 amide bonds. The number of benzene rings is 1. The molecule has 0 aliphatic heterocycles. The quantitative estimate of drug-likeness (QED) is 0.837. The fraction of sp³-hybridized carbons (Fsp3) is 0.353. The second-order valence-corrected chi connectivity index (χ2v) is 5.72. The Hall–Kier alpha value is -2.77. The number of aromatic nitrogens is 2. The third kappa shape index (κ3) is 4.01. The van der Waals surface area contributed by atoms with E-state index in [1.807, 2.05) is 0 Å². The van der Waals surface area contributed by atoms with Gasteiger partial charge >= 0.3 is 5.97 Å². The number of hydrogen-bond donors (Lipinski definition) is 1. The SMILES string of the molecule is CCOC(=O)c1c(O)c(C(C)C)nn(Cc2cc(F)cc(F)c2)c1=O. The summed E-state index contributed by atoms with van der Waals surface area (Å²) in [7, 11) is 0. The van der Waals surface area contributed by atoms with Gasteiger partial charge in [-0.25, -0.2) is 18.3 Å². The molecule has 2 aromatic rings. The van der Waals surface area contributed by atoms with Gasteiger partial charge in [-0.3, -0.25) is 4.79 Å². The molecule has 0 bridgehead atoms. The molecule has 0 spiro atoms. The van der Waals surface area contributed by atoms with Crippen molar-refractivity contribution in [3.8, 4) is 5.75 Å². The van der Waals surface area contributed by atoms with Crippen molar-refractivity contribution in [2.75, 3.05) is 6.61 Å². The van der Waals surface area contributed by atoms with Gasteiger partial charge in [0.05, 0.1) is 13.2 Å². The summed E-state index contributed by atoms with van der Waals surface area (Å²) in [4.78, 5) is 24.5. The minimum atomic E-state index is -0.978. The molecule has 0 radical (unpaired) electrons. The van der Waals surface area contributed by atoms with Crippen LogP contribution in [0.4, 0.5) is 8.78 Å². The summed E-state index contributed by atoms with van der Waals surface area (Å²) in [5, 5.41) is 14.2. The molecule has 1 aromatic carbocycles. The highest BCUT2D eigenvalue weighted by Gasteiger charge is 2.25. The van der Waals surface area contributed by atoms with Gasteiger partial charge in [-0.05, 0) is 24.6 Å². The van der Waals surface area contributed by atoms with Gasteiger partial charge in [0.15, 0.2) is 11.3 Å². The van der Waals surface area contributed by atoms with Gasteiger partial charge < -0.3 is 9.84 Å². The molecule has 0 unspecified atom stereocenters. The summed E-state index contributed by atoms with van der Waals surface area (Å²) >= 11 is 0. The Morgan fingerprint density at radius 3 is 2.40 bits per heavy atom. The maximum absolute atomic E-state index is 13.3. The normalized spacial score (nSPS) is 11.0. The van der Waals surface area contributed by atoms with Crippen LogP contribution in [0.5, 0.6) is 5.75 Å². The predicted octanol–water partition coefficient (Wildman–Crippen LogP) is 2.58. The van der Waals surface area contributed by atoms with Crippen molar-refractivity contribution in [2.24, 2.45) is 0 Å². The molecule has 1 heterocycles. The van der Waals surface area contributed by atoms with Crippen LogP contribution in [-0.4, -0.2) is 27.5 Å². The first-order chi connectivity index (χ1) is 11.7. The van der Waals surface area contributed by atoms with E-state index < -0.39 is 34.5 Å². The van der Waals surface area contributed by atoms with Crippen LogP contribution >= 0.6 is 0 Å². The number of hydrogen-bond acceptors (Lipinski definition) is 5. The van der Waals surface area contributed by atoms with Crippen molar-refractivity contribution in [3.05, 3.63) is 57.0 Å². The molecule has 2 rings (SSSR count). The monoisotopic (exact) mass is 352 g/mol. The van der Waals surface area contributed by atoms with Crippen LogP contribution in [0.15, 0.2) is 23.0 Å². The molecule has 1 aromatic heterocycles. The van der Waals surface area contributed by atoms with Gasteiger partial charge in [0.1, 0.15) is 17.3 Å². The van der Waals surface area contributed by atoms with Crippen LogP contribution in [0.25, 0.3) is 0 Å². The minimum absolute atomic E-state index is 0.0200. The Morgan fingerprint density at radius 1 is 1.28 bits per heavy atom. The van der Waals surface area contributed by atoms with E-state index in [0.717, 1.165) is 16.8 Å². The Bertz CT molecular complexity index is 842. The molecule has 8 heteroatoms. The number of aromatic hydroxyl groups is 1. The van der Waals surface area contributed by atoms with Crippen LogP contribution < -0.4 is 5.56 Å². The summed E-state index contributed by atoms with van der Waals surface area (Å²) < 4.78 is 32.4. The van der Waals surface area contributed by atoms with E-state index in [4.69, 9.17) is 4.74 Å². The molecular weight excluding hydrogens is 334 g/mol. The van der Waals surface area contributed by atoms with Crippen molar-refractivity contribution in [2.45, 2.75) is 33.2 Å². The van der Waals surface area contributed by atoms with Crippen LogP contribution in [0.3, 0.4) is 0 Å². The summed E-state index contributed by atoms with van der Waals surface area (Å²) in [5.41, 5.74) is -1.18. The molecule has 25 heavy (non-hydrogen) atoms. The number of ether oxygens (including phenoxy) is 1. The second kappa shape index (κ2) is 7.42. The molecular formula is C17H18F2N2O4. The molecule has 134 valence electrons. The van der Waals surface area contributed by atoms with Gasteiger partial charge in [-0.2, -0.15) is 5.10 Å². The zero-order valence-electron chi connectivity index (χ0n) is 14.0. The highest BCUT2D eigenvalue weighted by Crippen LogP contribution is 2.25. The fourth-order valence-electron chi connectivity index (χ4n) is 2.34. The largest absolute Gasteiger partial charge is 0.505 e. The van der Waals surface area contributed by atoms with Crippen LogP contribution in [0.1, 0.15) is 48.3 Å². The molecule has 0 saturated heterocycles. The average molecular weight is 352 g/mol.